The number of hydrogen-bond donors (Lipinski definition) is 0. The monoisotopic (exact) mass is 362 g/mol. The Bertz CT molecular complexity index is 902. The van der Waals surface area contributed by atoms with Crippen molar-refractivity contribution in [3.8, 4) is 0 Å². The quantitative estimate of drug-likeness (QED) is 0.788. The number of imide groups is 1. The first kappa shape index (κ1) is 17.5. The summed E-state index contributed by atoms with van der Waals surface area (Å²) < 4.78 is 0. The molecule has 1 fully saturated rings. The topological polar surface area (TPSA) is 57.7 Å². The largest absolute Gasteiger partial charge is 0.308 e. The molecule has 0 atom stereocenters. The maximum absolute atomic E-state index is 13.1. The number of likely N-dealkylation sites (tertiary alicyclic amines) is 1. The van der Waals surface area contributed by atoms with E-state index in [0.717, 1.165) is 36.2 Å². The van der Waals surface area contributed by atoms with Crippen LogP contribution < -0.4 is 4.90 Å². The molecule has 4 rings (SSSR count). The van der Waals surface area contributed by atoms with Gasteiger partial charge in [-0.05, 0) is 48.6 Å². The molecule has 0 bridgehead atoms. The predicted octanol–water partition coefficient (Wildman–Crippen LogP) is 3.24. The van der Waals surface area contributed by atoms with Gasteiger partial charge in [0.15, 0.2) is 0 Å². The normalized spacial score (nSPS) is 16.6. The highest BCUT2D eigenvalue weighted by Gasteiger charge is 2.29. The Morgan fingerprint density at radius 3 is 2.37 bits per heavy atom. The standard InChI is InChI=1S/C22H22N2O3/c1-15-4-2-5-17-6-3-13-23(21(15)17)22(27)18-9-7-16(8-10-18)14-24-19(25)11-12-20(24)26/h2,4-5,7-10H,3,6,11-14H2,1H3. The average Bonchev–Trinajstić information content (AvgIpc) is 3.00. The third-order valence-electron chi connectivity index (χ3n) is 5.36. The van der Waals surface area contributed by atoms with Gasteiger partial charge in [0.05, 0.1) is 12.2 Å². The molecule has 1 saturated heterocycles. The van der Waals surface area contributed by atoms with Crippen molar-refractivity contribution in [2.45, 2.75) is 39.2 Å². The molecule has 0 spiro atoms. The molecule has 0 aliphatic carbocycles. The number of hydrogen-bond acceptors (Lipinski definition) is 3. The molecule has 0 radical (unpaired) electrons. The second kappa shape index (κ2) is 6.99. The summed E-state index contributed by atoms with van der Waals surface area (Å²) in [6.07, 6.45) is 2.54. The predicted molar refractivity (Wildman–Crippen MR) is 102 cm³/mol. The lowest BCUT2D eigenvalue weighted by molar-refractivity contribution is -0.139. The Morgan fingerprint density at radius 1 is 0.963 bits per heavy atom. The number of amides is 3. The molecule has 0 unspecified atom stereocenters. The number of nitrogens with zero attached hydrogens (tertiary/aromatic N) is 2. The van der Waals surface area contributed by atoms with Gasteiger partial charge in [0, 0.05) is 24.9 Å². The molecule has 2 aliphatic rings. The minimum absolute atomic E-state index is 0.00914. The second-order valence-corrected chi connectivity index (χ2v) is 7.21. The first-order valence-corrected chi connectivity index (χ1v) is 9.37. The highest BCUT2D eigenvalue weighted by atomic mass is 16.2. The molecular weight excluding hydrogens is 340 g/mol. The summed E-state index contributed by atoms with van der Waals surface area (Å²) in [7, 11) is 0. The van der Waals surface area contributed by atoms with Gasteiger partial charge >= 0.3 is 0 Å². The molecule has 2 aromatic rings. The molecule has 5 nitrogen and oxygen atoms in total. The molecule has 5 heteroatoms. The first-order valence-electron chi connectivity index (χ1n) is 9.37. The van der Waals surface area contributed by atoms with E-state index in [1.165, 1.54) is 10.5 Å². The first-order chi connectivity index (χ1) is 13.0. The number of aryl methyl sites for hydroxylation is 2. The van der Waals surface area contributed by atoms with Gasteiger partial charge in [-0.1, -0.05) is 30.3 Å². The van der Waals surface area contributed by atoms with Crippen LogP contribution in [-0.2, 0) is 22.6 Å². The summed E-state index contributed by atoms with van der Waals surface area (Å²) in [5.41, 5.74) is 4.84. The molecule has 27 heavy (non-hydrogen) atoms. The van der Waals surface area contributed by atoms with Crippen LogP contribution in [0.2, 0.25) is 0 Å². The van der Waals surface area contributed by atoms with E-state index in [1.807, 2.05) is 36.1 Å². The Morgan fingerprint density at radius 2 is 1.67 bits per heavy atom. The Hall–Kier alpha value is -2.95. The second-order valence-electron chi connectivity index (χ2n) is 7.21. The van der Waals surface area contributed by atoms with Gasteiger partial charge in [-0.2, -0.15) is 0 Å². The fraction of sp³-hybridized carbons (Fsp3) is 0.318. The molecular formula is C22H22N2O3. The lowest BCUT2D eigenvalue weighted by Gasteiger charge is -2.31. The number of benzene rings is 2. The maximum Gasteiger partial charge on any atom is 0.258 e. The number of anilines is 1. The van der Waals surface area contributed by atoms with Crippen LogP contribution in [0, 0.1) is 6.92 Å². The van der Waals surface area contributed by atoms with E-state index in [-0.39, 0.29) is 24.3 Å². The van der Waals surface area contributed by atoms with Crippen LogP contribution in [0.5, 0.6) is 0 Å². The molecule has 2 aromatic carbocycles. The minimum Gasteiger partial charge on any atom is -0.308 e. The van der Waals surface area contributed by atoms with Crippen molar-refractivity contribution in [3.05, 3.63) is 64.7 Å². The SMILES string of the molecule is Cc1cccc2c1N(C(=O)c1ccc(CN3C(=O)CCC3=O)cc1)CCC2. The lowest BCUT2D eigenvalue weighted by atomic mass is 9.97. The van der Waals surface area contributed by atoms with Gasteiger partial charge in [-0.3, -0.25) is 19.3 Å². The van der Waals surface area contributed by atoms with E-state index in [2.05, 4.69) is 6.07 Å². The van der Waals surface area contributed by atoms with Crippen molar-refractivity contribution in [3.63, 3.8) is 0 Å². The number of rotatable bonds is 3. The van der Waals surface area contributed by atoms with E-state index in [4.69, 9.17) is 0 Å². The summed E-state index contributed by atoms with van der Waals surface area (Å²) in [5, 5.41) is 0. The summed E-state index contributed by atoms with van der Waals surface area (Å²) in [6.45, 7) is 3.03. The maximum atomic E-state index is 13.1. The van der Waals surface area contributed by atoms with E-state index in [1.54, 1.807) is 12.1 Å². The van der Waals surface area contributed by atoms with E-state index in [0.29, 0.717) is 18.4 Å². The highest BCUT2D eigenvalue weighted by molar-refractivity contribution is 6.07. The van der Waals surface area contributed by atoms with E-state index < -0.39 is 0 Å². The van der Waals surface area contributed by atoms with Crippen molar-refractivity contribution in [1.29, 1.82) is 0 Å². The van der Waals surface area contributed by atoms with Crippen LogP contribution in [0.25, 0.3) is 0 Å². The number of para-hydroxylation sites is 1. The van der Waals surface area contributed by atoms with Crippen LogP contribution in [0.1, 0.15) is 46.3 Å². The van der Waals surface area contributed by atoms with Crippen LogP contribution in [0.3, 0.4) is 0 Å². The van der Waals surface area contributed by atoms with Crippen LogP contribution in [0.15, 0.2) is 42.5 Å². The molecule has 0 aromatic heterocycles. The van der Waals surface area contributed by atoms with E-state index >= 15 is 0 Å². The zero-order valence-electron chi connectivity index (χ0n) is 15.4. The Labute approximate surface area is 158 Å². The molecule has 2 heterocycles. The van der Waals surface area contributed by atoms with Crippen molar-refractivity contribution in [1.82, 2.24) is 4.90 Å². The number of fused-ring (bicyclic) bond motifs is 1. The third kappa shape index (κ3) is 3.25. The zero-order chi connectivity index (χ0) is 19.0. The van der Waals surface area contributed by atoms with Gasteiger partial charge in [-0.15, -0.1) is 0 Å². The summed E-state index contributed by atoms with van der Waals surface area (Å²) in [4.78, 5) is 39.8. The molecule has 3 amide bonds. The Balaban J connectivity index is 1.54. The van der Waals surface area contributed by atoms with Gasteiger partial charge in [-0.25, -0.2) is 0 Å². The van der Waals surface area contributed by atoms with Crippen LogP contribution >= 0.6 is 0 Å². The molecule has 0 saturated carbocycles. The van der Waals surface area contributed by atoms with Gasteiger partial charge in [0.25, 0.3) is 5.91 Å². The van der Waals surface area contributed by atoms with Crippen LogP contribution in [-0.4, -0.2) is 29.2 Å². The summed E-state index contributed by atoms with van der Waals surface area (Å²) >= 11 is 0. The van der Waals surface area contributed by atoms with Gasteiger partial charge < -0.3 is 4.90 Å². The molecule has 0 N–H and O–H groups in total. The average molecular weight is 362 g/mol. The third-order valence-corrected chi connectivity index (χ3v) is 5.36. The molecule has 138 valence electrons. The fourth-order valence-electron chi connectivity index (χ4n) is 3.94. The summed E-state index contributed by atoms with van der Waals surface area (Å²) in [6, 6.07) is 13.4. The minimum atomic E-state index is -0.124. The fourth-order valence-corrected chi connectivity index (χ4v) is 3.94. The highest BCUT2D eigenvalue weighted by Crippen LogP contribution is 2.31. The number of carbonyl (C=O) groups is 3. The number of carbonyl (C=O) groups excluding carboxylic acids is 3. The Kier molecular flexibility index (Phi) is 4.52. The van der Waals surface area contributed by atoms with Gasteiger partial charge in [0.1, 0.15) is 0 Å². The zero-order valence-corrected chi connectivity index (χ0v) is 15.4. The van der Waals surface area contributed by atoms with Crippen molar-refractivity contribution in [2.24, 2.45) is 0 Å². The van der Waals surface area contributed by atoms with Crippen molar-refractivity contribution in [2.75, 3.05) is 11.4 Å². The smallest absolute Gasteiger partial charge is 0.258 e. The van der Waals surface area contributed by atoms with Crippen molar-refractivity contribution < 1.29 is 14.4 Å². The van der Waals surface area contributed by atoms with Crippen molar-refractivity contribution >= 4 is 23.4 Å². The van der Waals surface area contributed by atoms with Crippen LogP contribution in [0.4, 0.5) is 5.69 Å². The molecule has 2 aliphatic heterocycles. The summed E-state index contributed by atoms with van der Waals surface area (Å²) in [5.74, 6) is -0.258. The lowest BCUT2D eigenvalue weighted by Crippen LogP contribution is -2.36. The van der Waals surface area contributed by atoms with E-state index in [9.17, 15) is 14.4 Å². The van der Waals surface area contributed by atoms with Gasteiger partial charge in [0.2, 0.25) is 11.8 Å².